The molecule has 1 aliphatic heterocycles. The van der Waals surface area contributed by atoms with Crippen molar-refractivity contribution in [3.05, 3.63) is 0 Å². The van der Waals surface area contributed by atoms with Gasteiger partial charge in [-0.3, -0.25) is 0 Å². The molecule has 2 atom stereocenters. The number of hydrogen-bond donors (Lipinski definition) is 0. The monoisotopic (exact) mass is 243 g/mol. The first-order valence-corrected chi connectivity index (χ1v) is 7.23. The molecule has 6 heteroatoms. The number of rotatable bonds is 2. The molecule has 78 valence electrons. The number of nitrogens with zero attached hydrogens (tertiary/aromatic N) is 1. The van der Waals surface area contributed by atoms with Crippen LogP contribution in [0.4, 0.5) is 0 Å². The lowest BCUT2D eigenvalue weighted by atomic mass is 10.4. The summed E-state index contributed by atoms with van der Waals surface area (Å²) in [6.45, 7) is 5.25. The minimum absolute atomic E-state index is 0.308. The van der Waals surface area contributed by atoms with Crippen molar-refractivity contribution in [3.8, 4) is 0 Å². The van der Waals surface area contributed by atoms with Crippen LogP contribution in [0.5, 0.6) is 0 Å². The summed E-state index contributed by atoms with van der Waals surface area (Å²) in [5.74, 6) is 0. The van der Waals surface area contributed by atoms with Crippen LogP contribution >= 0.6 is 23.4 Å². The van der Waals surface area contributed by atoms with E-state index in [2.05, 4.69) is 0 Å². The molecule has 2 unspecified atom stereocenters. The third-order valence-electron chi connectivity index (χ3n) is 1.92. The molecule has 0 aliphatic carbocycles. The predicted molar refractivity (Wildman–Crippen MR) is 57.7 cm³/mol. The quantitative estimate of drug-likeness (QED) is 0.687. The molecule has 1 saturated heterocycles. The fourth-order valence-corrected chi connectivity index (χ4v) is 4.39. The standard InChI is InChI=1S/C7H14ClNO2S2/c1-6-3-9(4-7(2)12-6)13(10,11)5-8/h6-7H,3-5H2,1-2H3. The van der Waals surface area contributed by atoms with Crippen LogP contribution in [0.1, 0.15) is 13.8 Å². The lowest BCUT2D eigenvalue weighted by Gasteiger charge is -2.33. The third-order valence-corrected chi connectivity index (χ3v) is 5.33. The SMILES string of the molecule is CC1CN(S(=O)(=O)CCl)CC(C)S1. The van der Waals surface area contributed by atoms with Gasteiger partial charge in [-0.05, 0) is 0 Å². The summed E-state index contributed by atoms with van der Waals surface area (Å²) in [4.78, 5) is 0. The Morgan fingerprint density at radius 2 is 1.85 bits per heavy atom. The second-order valence-electron chi connectivity index (χ2n) is 3.30. The lowest BCUT2D eigenvalue weighted by molar-refractivity contribution is 0.407. The van der Waals surface area contributed by atoms with E-state index in [-0.39, 0.29) is 5.21 Å². The van der Waals surface area contributed by atoms with E-state index in [4.69, 9.17) is 11.6 Å². The molecule has 1 heterocycles. The van der Waals surface area contributed by atoms with Gasteiger partial charge in [0.1, 0.15) is 5.21 Å². The average Bonchev–Trinajstić information content (AvgIpc) is 2.02. The van der Waals surface area contributed by atoms with Crippen LogP contribution in [-0.4, -0.2) is 41.5 Å². The number of alkyl halides is 1. The van der Waals surface area contributed by atoms with Crippen LogP contribution in [0.2, 0.25) is 0 Å². The Labute approximate surface area is 88.9 Å². The van der Waals surface area contributed by atoms with Gasteiger partial charge in [-0.15, -0.1) is 11.6 Å². The van der Waals surface area contributed by atoms with Crippen LogP contribution in [0.25, 0.3) is 0 Å². The Morgan fingerprint density at radius 1 is 1.38 bits per heavy atom. The van der Waals surface area contributed by atoms with Crippen molar-refractivity contribution in [3.63, 3.8) is 0 Å². The number of thioether (sulfide) groups is 1. The van der Waals surface area contributed by atoms with Crippen LogP contribution in [0.15, 0.2) is 0 Å². The van der Waals surface area contributed by atoms with Gasteiger partial charge in [0.15, 0.2) is 0 Å². The minimum Gasteiger partial charge on any atom is -0.211 e. The smallest absolute Gasteiger partial charge is 0.211 e. The molecule has 3 nitrogen and oxygen atoms in total. The normalized spacial score (nSPS) is 31.9. The first-order valence-electron chi connectivity index (χ1n) is 4.15. The van der Waals surface area contributed by atoms with Crippen molar-refractivity contribution in [1.82, 2.24) is 4.31 Å². The van der Waals surface area contributed by atoms with Gasteiger partial charge in [0, 0.05) is 23.6 Å². The molecule has 1 aliphatic rings. The first-order chi connectivity index (χ1) is 5.95. The van der Waals surface area contributed by atoms with E-state index < -0.39 is 10.0 Å². The second-order valence-corrected chi connectivity index (χ2v) is 7.73. The van der Waals surface area contributed by atoms with E-state index in [1.807, 2.05) is 25.6 Å². The molecule has 0 radical (unpaired) electrons. The van der Waals surface area contributed by atoms with Crippen molar-refractivity contribution in [2.45, 2.75) is 24.3 Å². The molecule has 0 aromatic carbocycles. The van der Waals surface area contributed by atoms with E-state index >= 15 is 0 Å². The molecule has 0 bridgehead atoms. The van der Waals surface area contributed by atoms with E-state index in [1.165, 1.54) is 4.31 Å². The molecule has 0 spiro atoms. The highest BCUT2D eigenvalue weighted by Crippen LogP contribution is 2.26. The highest BCUT2D eigenvalue weighted by Gasteiger charge is 2.29. The summed E-state index contributed by atoms with van der Waals surface area (Å²) < 4.78 is 24.4. The molecule has 0 aromatic rings. The molecule has 13 heavy (non-hydrogen) atoms. The van der Waals surface area contributed by atoms with Gasteiger partial charge in [-0.2, -0.15) is 16.1 Å². The van der Waals surface area contributed by atoms with Crippen molar-refractivity contribution in [2.24, 2.45) is 0 Å². The number of sulfonamides is 1. The molecular formula is C7H14ClNO2S2. The lowest BCUT2D eigenvalue weighted by Crippen LogP contribution is -2.44. The van der Waals surface area contributed by atoms with Gasteiger partial charge in [0.2, 0.25) is 10.0 Å². The van der Waals surface area contributed by atoms with Gasteiger partial charge < -0.3 is 0 Å². The summed E-state index contributed by atoms with van der Waals surface area (Å²) in [5, 5.41) is 0.417. The van der Waals surface area contributed by atoms with E-state index in [9.17, 15) is 8.42 Å². The Hall–Kier alpha value is 0.550. The average molecular weight is 244 g/mol. The molecule has 0 aromatic heterocycles. The molecule has 0 saturated carbocycles. The fourth-order valence-electron chi connectivity index (χ4n) is 1.43. The van der Waals surface area contributed by atoms with Crippen LogP contribution in [0.3, 0.4) is 0 Å². The predicted octanol–water partition coefficient (Wildman–Crippen LogP) is 1.34. The zero-order valence-electron chi connectivity index (χ0n) is 7.73. The molecule has 1 rings (SSSR count). The summed E-state index contributed by atoms with van der Waals surface area (Å²) >= 11 is 7.21. The van der Waals surface area contributed by atoms with Crippen molar-refractivity contribution in [1.29, 1.82) is 0 Å². The van der Waals surface area contributed by atoms with Gasteiger partial charge in [0.25, 0.3) is 0 Å². The fraction of sp³-hybridized carbons (Fsp3) is 1.00. The maximum atomic E-state index is 11.4. The van der Waals surface area contributed by atoms with E-state index in [0.29, 0.717) is 23.6 Å². The van der Waals surface area contributed by atoms with Gasteiger partial charge in [0.05, 0.1) is 0 Å². The number of hydrogen-bond acceptors (Lipinski definition) is 3. The van der Waals surface area contributed by atoms with Crippen molar-refractivity contribution in [2.75, 3.05) is 18.3 Å². The van der Waals surface area contributed by atoms with Crippen molar-refractivity contribution >= 4 is 33.4 Å². The minimum atomic E-state index is -3.20. The largest absolute Gasteiger partial charge is 0.228 e. The van der Waals surface area contributed by atoms with Gasteiger partial charge in [-0.25, -0.2) is 8.42 Å². The van der Waals surface area contributed by atoms with E-state index in [1.54, 1.807) is 0 Å². The molecule has 1 fully saturated rings. The van der Waals surface area contributed by atoms with Crippen LogP contribution < -0.4 is 0 Å². The highest BCUT2D eigenvalue weighted by molar-refractivity contribution is 8.00. The van der Waals surface area contributed by atoms with Gasteiger partial charge >= 0.3 is 0 Å². The Kier molecular flexibility index (Phi) is 3.92. The maximum Gasteiger partial charge on any atom is 0.228 e. The maximum absolute atomic E-state index is 11.4. The van der Waals surface area contributed by atoms with E-state index in [0.717, 1.165) is 0 Å². The zero-order chi connectivity index (χ0) is 10.1. The molecule has 0 N–H and O–H groups in total. The second kappa shape index (κ2) is 4.38. The summed E-state index contributed by atoms with van der Waals surface area (Å²) in [6, 6.07) is 0. The first kappa shape index (κ1) is 11.6. The van der Waals surface area contributed by atoms with Crippen LogP contribution in [-0.2, 0) is 10.0 Å². The Morgan fingerprint density at radius 3 is 2.23 bits per heavy atom. The zero-order valence-corrected chi connectivity index (χ0v) is 10.1. The summed E-state index contributed by atoms with van der Waals surface area (Å²) in [7, 11) is -3.20. The Balaban J connectivity index is 2.71. The third kappa shape index (κ3) is 3.01. The Bertz CT molecular complexity index is 258. The molecule has 0 amide bonds. The van der Waals surface area contributed by atoms with Crippen molar-refractivity contribution < 1.29 is 8.42 Å². The molecular weight excluding hydrogens is 230 g/mol. The highest BCUT2D eigenvalue weighted by atomic mass is 35.5. The topological polar surface area (TPSA) is 37.4 Å². The summed E-state index contributed by atoms with van der Waals surface area (Å²) in [5.41, 5.74) is 0. The van der Waals surface area contributed by atoms with Gasteiger partial charge in [-0.1, -0.05) is 13.8 Å². The van der Waals surface area contributed by atoms with Crippen LogP contribution in [0, 0.1) is 0 Å². The summed E-state index contributed by atoms with van der Waals surface area (Å²) in [6.07, 6.45) is 0. The number of halogens is 1.